The molecule has 1 fully saturated rings. The van der Waals surface area contributed by atoms with Gasteiger partial charge in [-0.25, -0.2) is 0 Å². The van der Waals surface area contributed by atoms with Crippen molar-refractivity contribution >= 4 is 5.97 Å². The number of esters is 1. The van der Waals surface area contributed by atoms with E-state index in [0.29, 0.717) is 18.9 Å². The average Bonchev–Trinajstić information content (AvgIpc) is 2.29. The summed E-state index contributed by atoms with van der Waals surface area (Å²) >= 11 is 0. The van der Waals surface area contributed by atoms with Crippen LogP contribution < -0.4 is 0 Å². The van der Waals surface area contributed by atoms with Crippen LogP contribution in [0.15, 0.2) is 0 Å². The van der Waals surface area contributed by atoms with Gasteiger partial charge in [-0.1, -0.05) is 13.8 Å². The summed E-state index contributed by atoms with van der Waals surface area (Å²) in [5.41, 5.74) is -0.0898. The average molecular weight is 256 g/mol. The summed E-state index contributed by atoms with van der Waals surface area (Å²) in [4.78, 5) is 16.6. The Bertz CT molecular complexity index is 273. The third-order valence-corrected chi connectivity index (χ3v) is 4.28. The van der Waals surface area contributed by atoms with Crippen molar-refractivity contribution in [2.24, 2.45) is 5.92 Å². The monoisotopic (exact) mass is 256 g/mol. The van der Waals surface area contributed by atoms with Crippen LogP contribution in [0.25, 0.3) is 0 Å². The molecule has 0 aromatic heterocycles. The number of piperazine rings is 1. The molecule has 1 unspecified atom stereocenters. The standard InChI is InChI=1S/C14H28N2O2/c1-6-18-13(17)11-14(4,12(2)3)16-9-7-15(5)8-10-16/h12H,6-11H2,1-5H3. The first-order chi connectivity index (χ1) is 8.40. The van der Waals surface area contributed by atoms with Crippen molar-refractivity contribution in [2.45, 2.75) is 39.7 Å². The molecule has 0 amide bonds. The van der Waals surface area contributed by atoms with Gasteiger partial charge < -0.3 is 9.64 Å². The van der Waals surface area contributed by atoms with Crippen molar-refractivity contribution in [2.75, 3.05) is 39.8 Å². The second-order valence-electron chi connectivity index (χ2n) is 5.78. The van der Waals surface area contributed by atoms with Gasteiger partial charge in [0.1, 0.15) is 0 Å². The van der Waals surface area contributed by atoms with E-state index >= 15 is 0 Å². The van der Waals surface area contributed by atoms with Crippen LogP contribution in [0.3, 0.4) is 0 Å². The number of hydrogen-bond acceptors (Lipinski definition) is 4. The highest BCUT2D eigenvalue weighted by Gasteiger charge is 2.38. The van der Waals surface area contributed by atoms with Crippen LogP contribution in [-0.4, -0.2) is 61.1 Å². The van der Waals surface area contributed by atoms with E-state index < -0.39 is 0 Å². The van der Waals surface area contributed by atoms with Gasteiger partial charge in [-0.3, -0.25) is 9.69 Å². The van der Waals surface area contributed by atoms with Crippen LogP contribution in [0, 0.1) is 5.92 Å². The van der Waals surface area contributed by atoms with E-state index in [9.17, 15) is 4.79 Å². The first kappa shape index (κ1) is 15.4. The van der Waals surface area contributed by atoms with Crippen LogP contribution in [0.2, 0.25) is 0 Å². The predicted molar refractivity (Wildman–Crippen MR) is 73.6 cm³/mol. The van der Waals surface area contributed by atoms with E-state index in [0.717, 1.165) is 26.2 Å². The van der Waals surface area contributed by atoms with Crippen LogP contribution in [-0.2, 0) is 9.53 Å². The lowest BCUT2D eigenvalue weighted by Gasteiger charge is -2.47. The molecule has 1 rings (SSSR count). The molecule has 106 valence electrons. The molecule has 0 N–H and O–H groups in total. The van der Waals surface area contributed by atoms with Crippen molar-refractivity contribution in [1.82, 2.24) is 9.80 Å². The lowest BCUT2D eigenvalue weighted by atomic mass is 9.83. The molecule has 0 aromatic carbocycles. The Morgan fingerprint density at radius 1 is 1.28 bits per heavy atom. The Hall–Kier alpha value is -0.610. The van der Waals surface area contributed by atoms with Gasteiger partial charge in [0, 0.05) is 31.7 Å². The highest BCUT2D eigenvalue weighted by atomic mass is 16.5. The zero-order chi connectivity index (χ0) is 13.8. The first-order valence-corrected chi connectivity index (χ1v) is 6.99. The van der Waals surface area contributed by atoms with Crippen LogP contribution in [0.1, 0.15) is 34.1 Å². The Morgan fingerprint density at radius 2 is 1.83 bits per heavy atom. The summed E-state index contributed by atoms with van der Waals surface area (Å²) in [6.07, 6.45) is 0.488. The molecule has 1 aliphatic heterocycles. The van der Waals surface area contributed by atoms with Gasteiger partial charge in [0.15, 0.2) is 0 Å². The molecule has 0 spiro atoms. The molecule has 1 aliphatic rings. The van der Waals surface area contributed by atoms with E-state index in [2.05, 4.69) is 37.6 Å². The van der Waals surface area contributed by atoms with Gasteiger partial charge in [0.05, 0.1) is 13.0 Å². The zero-order valence-corrected chi connectivity index (χ0v) is 12.5. The van der Waals surface area contributed by atoms with Crippen molar-refractivity contribution in [3.05, 3.63) is 0 Å². The van der Waals surface area contributed by atoms with Crippen molar-refractivity contribution < 1.29 is 9.53 Å². The van der Waals surface area contributed by atoms with E-state index in [1.165, 1.54) is 0 Å². The van der Waals surface area contributed by atoms with Gasteiger partial charge in [0.25, 0.3) is 0 Å². The normalized spacial score (nSPS) is 21.9. The van der Waals surface area contributed by atoms with E-state index in [-0.39, 0.29) is 11.5 Å². The maximum atomic E-state index is 11.8. The fourth-order valence-electron chi connectivity index (χ4n) is 2.50. The molecule has 1 saturated heterocycles. The van der Waals surface area contributed by atoms with Crippen molar-refractivity contribution in [3.8, 4) is 0 Å². The van der Waals surface area contributed by atoms with E-state index in [1.807, 2.05) is 6.92 Å². The van der Waals surface area contributed by atoms with E-state index in [4.69, 9.17) is 4.74 Å². The van der Waals surface area contributed by atoms with Gasteiger partial charge in [-0.05, 0) is 26.8 Å². The quantitative estimate of drug-likeness (QED) is 0.700. The molecule has 1 atom stereocenters. The molecular weight excluding hydrogens is 228 g/mol. The van der Waals surface area contributed by atoms with E-state index in [1.54, 1.807) is 0 Å². The minimum Gasteiger partial charge on any atom is -0.466 e. The molecule has 4 heteroatoms. The zero-order valence-electron chi connectivity index (χ0n) is 12.5. The fourth-order valence-corrected chi connectivity index (χ4v) is 2.50. The van der Waals surface area contributed by atoms with Gasteiger partial charge >= 0.3 is 5.97 Å². The minimum atomic E-state index is -0.0898. The Morgan fingerprint density at radius 3 is 2.28 bits per heavy atom. The number of rotatable bonds is 5. The summed E-state index contributed by atoms with van der Waals surface area (Å²) < 4.78 is 5.12. The predicted octanol–water partition coefficient (Wildman–Crippen LogP) is 1.60. The minimum absolute atomic E-state index is 0.0763. The summed E-state index contributed by atoms with van der Waals surface area (Å²) in [5.74, 6) is 0.359. The number of carbonyl (C=O) groups excluding carboxylic acids is 1. The van der Waals surface area contributed by atoms with Gasteiger partial charge in [0.2, 0.25) is 0 Å². The highest BCUT2D eigenvalue weighted by Crippen LogP contribution is 2.29. The third kappa shape index (κ3) is 3.69. The van der Waals surface area contributed by atoms with Crippen molar-refractivity contribution in [1.29, 1.82) is 0 Å². The van der Waals surface area contributed by atoms with Gasteiger partial charge in [-0.2, -0.15) is 0 Å². The largest absolute Gasteiger partial charge is 0.466 e. The number of carbonyl (C=O) groups is 1. The Kier molecular flexibility index (Phi) is 5.60. The molecule has 0 saturated carbocycles. The summed E-state index contributed by atoms with van der Waals surface area (Å²) in [6, 6.07) is 0. The molecule has 0 aromatic rings. The van der Waals surface area contributed by atoms with Gasteiger partial charge in [-0.15, -0.1) is 0 Å². The lowest BCUT2D eigenvalue weighted by Crippen LogP contribution is -2.58. The fraction of sp³-hybridized carbons (Fsp3) is 0.929. The number of ether oxygens (including phenoxy) is 1. The molecule has 0 bridgehead atoms. The van der Waals surface area contributed by atoms with Crippen LogP contribution in [0.4, 0.5) is 0 Å². The Balaban J connectivity index is 2.70. The Labute approximate surface area is 111 Å². The third-order valence-electron chi connectivity index (χ3n) is 4.28. The summed E-state index contributed by atoms with van der Waals surface area (Å²) in [5, 5.41) is 0. The maximum absolute atomic E-state index is 11.8. The highest BCUT2D eigenvalue weighted by molar-refractivity contribution is 5.70. The topological polar surface area (TPSA) is 32.8 Å². The molecule has 18 heavy (non-hydrogen) atoms. The summed E-state index contributed by atoms with van der Waals surface area (Å²) in [7, 11) is 2.15. The lowest BCUT2D eigenvalue weighted by molar-refractivity contribution is -0.147. The molecule has 0 aliphatic carbocycles. The SMILES string of the molecule is CCOC(=O)CC(C)(C(C)C)N1CCN(C)CC1. The van der Waals surface area contributed by atoms with Crippen molar-refractivity contribution in [3.63, 3.8) is 0 Å². The summed E-state index contributed by atoms with van der Waals surface area (Å²) in [6.45, 7) is 13.1. The number of hydrogen-bond donors (Lipinski definition) is 0. The maximum Gasteiger partial charge on any atom is 0.307 e. The van der Waals surface area contributed by atoms with Crippen LogP contribution in [0.5, 0.6) is 0 Å². The molecule has 4 nitrogen and oxygen atoms in total. The smallest absolute Gasteiger partial charge is 0.307 e. The first-order valence-electron chi connectivity index (χ1n) is 6.99. The number of nitrogens with zero attached hydrogens (tertiary/aromatic N) is 2. The second-order valence-corrected chi connectivity index (χ2v) is 5.78. The second kappa shape index (κ2) is 6.53. The molecular formula is C14H28N2O2. The molecule has 1 heterocycles. The molecule has 0 radical (unpaired) electrons. The van der Waals surface area contributed by atoms with Crippen LogP contribution >= 0.6 is 0 Å². The number of likely N-dealkylation sites (N-methyl/N-ethyl adjacent to an activating group) is 1.